The molecule has 3 aromatic rings. The van der Waals surface area contributed by atoms with Gasteiger partial charge in [0.15, 0.2) is 5.78 Å². The number of carbonyl (C=O) groups excluding carboxylic acids is 3. The number of halogens is 1. The molecule has 10 nitrogen and oxygen atoms in total. The largest absolute Gasteiger partial charge is 0.497 e. The number of aldehydes is 1. The van der Waals surface area contributed by atoms with Crippen LogP contribution in [-0.4, -0.2) is 91.5 Å². The van der Waals surface area contributed by atoms with E-state index >= 15 is 0 Å². The summed E-state index contributed by atoms with van der Waals surface area (Å²) in [6.45, 7) is 8.84. The highest BCUT2D eigenvalue weighted by atomic mass is 35.5. The van der Waals surface area contributed by atoms with Crippen LogP contribution in [0.5, 0.6) is 5.75 Å². The summed E-state index contributed by atoms with van der Waals surface area (Å²) in [5.74, 6) is 0.797. The average molecular weight is 675 g/mol. The van der Waals surface area contributed by atoms with Crippen LogP contribution < -0.4 is 9.64 Å². The molecule has 3 heterocycles. The monoisotopic (exact) mass is 674 g/mol. The molecule has 0 saturated carbocycles. The number of nitrogens with one attached hydrogen (secondary N) is 2. The number of allylic oxidation sites excluding steroid dienone is 1. The number of aliphatic imine (C=N–C) groups is 1. The summed E-state index contributed by atoms with van der Waals surface area (Å²) in [4.78, 5) is 46.6. The van der Waals surface area contributed by atoms with Crippen molar-refractivity contribution >= 4 is 63.3 Å². The van der Waals surface area contributed by atoms with Gasteiger partial charge < -0.3 is 19.3 Å². The number of amidine groups is 2. The minimum Gasteiger partial charge on any atom is -0.497 e. The van der Waals surface area contributed by atoms with Crippen molar-refractivity contribution in [3.05, 3.63) is 92.8 Å². The molecule has 1 amide bonds. The molecule has 1 fully saturated rings. The number of fused-ring (bicyclic) bond motifs is 1. The Balaban J connectivity index is 0.000000218. The number of hydrogen-bond acceptors (Lipinski definition) is 9. The quantitative estimate of drug-likeness (QED) is 0.107. The summed E-state index contributed by atoms with van der Waals surface area (Å²) in [6, 6.07) is 13.6. The Morgan fingerprint density at radius 3 is 2.26 bits per heavy atom. The van der Waals surface area contributed by atoms with Crippen molar-refractivity contribution in [2.45, 2.75) is 33.2 Å². The topological polar surface area (TPSA) is 130 Å². The van der Waals surface area contributed by atoms with E-state index in [1.165, 1.54) is 12.2 Å². The van der Waals surface area contributed by atoms with E-state index in [0.717, 1.165) is 51.7 Å². The molecule has 1 atom stereocenters. The minimum atomic E-state index is -0.627. The predicted octanol–water partition coefficient (Wildman–Crippen LogP) is 5.82. The van der Waals surface area contributed by atoms with E-state index in [9.17, 15) is 14.4 Å². The molecule has 1 unspecified atom stereocenters. The molecule has 2 aliphatic heterocycles. The van der Waals surface area contributed by atoms with Crippen LogP contribution in [0.1, 0.15) is 45.3 Å². The second-order valence-corrected chi connectivity index (χ2v) is 12.9. The molecule has 0 bridgehead atoms. The van der Waals surface area contributed by atoms with Gasteiger partial charge in [-0.15, -0.1) is 11.3 Å². The molecule has 0 spiro atoms. The van der Waals surface area contributed by atoms with E-state index in [2.05, 4.69) is 4.90 Å². The number of likely N-dealkylation sites (N-methyl/N-ethyl adjacent to an activating group) is 1. The van der Waals surface area contributed by atoms with E-state index in [1.54, 1.807) is 71.6 Å². The van der Waals surface area contributed by atoms with Crippen LogP contribution in [0.4, 0.5) is 5.00 Å². The fourth-order valence-corrected chi connectivity index (χ4v) is 6.48. The number of hydrogen-bond donors (Lipinski definition) is 2. The maximum Gasteiger partial charge on any atom is 0.246 e. The lowest BCUT2D eigenvalue weighted by Gasteiger charge is -2.31. The normalized spacial score (nSPS) is 16.5. The maximum absolute atomic E-state index is 12.0. The highest BCUT2D eigenvalue weighted by Crippen LogP contribution is 2.40. The number of ether oxygens (including phenoxy) is 1. The molecule has 2 N–H and O–H groups in total. The van der Waals surface area contributed by atoms with Crippen LogP contribution in [0.2, 0.25) is 5.02 Å². The first kappa shape index (κ1) is 35.4. The number of carbonyl (C=O) groups is 3. The van der Waals surface area contributed by atoms with E-state index < -0.39 is 6.04 Å². The number of thiophene rings is 1. The third kappa shape index (κ3) is 8.48. The van der Waals surface area contributed by atoms with Crippen LogP contribution in [0.25, 0.3) is 0 Å². The molecule has 246 valence electrons. The van der Waals surface area contributed by atoms with Gasteiger partial charge in [-0.1, -0.05) is 23.7 Å². The Kier molecular flexibility index (Phi) is 12.0. The predicted molar refractivity (Wildman–Crippen MR) is 190 cm³/mol. The van der Waals surface area contributed by atoms with Gasteiger partial charge in [0.1, 0.15) is 34.7 Å². The van der Waals surface area contributed by atoms with Gasteiger partial charge in [-0.3, -0.25) is 30.3 Å². The summed E-state index contributed by atoms with van der Waals surface area (Å²) >= 11 is 7.57. The Bertz CT molecular complexity index is 1710. The Labute approximate surface area is 284 Å². The minimum absolute atomic E-state index is 0.104. The Hall–Kier alpha value is -4.45. The summed E-state index contributed by atoms with van der Waals surface area (Å²) in [7, 11) is 3.61. The third-order valence-corrected chi connectivity index (χ3v) is 9.43. The maximum atomic E-state index is 12.0. The molecule has 1 aromatic heterocycles. The molecule has 5 rings (SSSR count). The number of amides is 1. The first-order valence-corrected chi connectivity index (χ1v) is 16.3. The molecule has 1 saturated heterocycles. The number of piperazine rings is 1. The van der Waals surface area contributed by atoms with Crippen LogP contribution in [0, 0.1) is 24.7 Å². The summed E-state index contributed by atoms with van der Waals surface area (Å²) in [6.07, 6.45) is 3.57. The zero-order chi connectivity index (χ0) is 34.2. The van der Waals surface area contributed by atoms with Crippen molar-refractivity contribution < 1.29 is 19.1 Å². The molecule has 12 heteroatoms. The van der Waals surface area contributed by atoms with Crippen LogP contribution in [0.15, 0.2) is 65.7 Å². The van der Waals surface area contributed by atoms with Gasteiger partial charge in [0.2, 0.25) is 5.91 Å². The lowest BCUT2D eigenvalue weighted by molar-refractivity contribution is -0.127. The number of ketones is 1. The van der Waals surface area contributed by atoms with Crippen molar-refractivity contribution in [3.8, 4) is 5.75 Å². The Morgan fingerprint density at radius 1 is 1.04 bits per heavy atom. The van der Waals surface area contributed by atoms with E-state index in [0.29, 0.717) is 29.4 Å². The van der Waals surface area contributed by atoms with E-state index in [-0.39, 0.29) is 29.8 Å². The smallest absolute Gasteiger partial charge is 0.246 e. The van der Waals surface area contributed by atoms with Crippen molar-refractivity contribution in [2.75, 3.05) is 45.2 Å². The molecule has 0 radical (unpaired) electrons. The molecule has 0 aliphatic carbocycles. The van der Waals surface area contributed by atoms with Gasteiger partial charge in [0.05, 0.1) is 12.8 Å². The van der Waals surface area contributed by atoms with Gasteiger partial charge in [-0.05, 0) is 75.9 Å². The number of benzene rings is 2. The van der Waals surface area contributed by atoms with Crippen molar-refractivity contribution in [1.29, 1.82) is 10.8 Å². The summed E-state index contributed by atoms with van der Waals surface area (Å²) < 4.78 is 5.04. The van der Waals surface area contributed by atoms with Gasteiger partial charge in [0.25, 0.3) is 0 Å². The average Bonchev–Trinajstić information content (AvgIpc) is 3.28. The zero-order valence-electron chi connectivity index (χ0n) is 27.2. The van der Waals surface area contributed by atoms with Crippen LogP contribution in [-0.2, 0) is 9.59 Å². The molecule has 2 aromatic carbocycles. The lowest BCUT2D eigenvalue weighted by atomic mass is 10.00. The number of rotatable bonds is 7. The molecule has 2 aliphatic rings. The van der Waals surface area contributed by atoms with Crippen molar-refractivity contribution in [1.82, 2.24) is 9.80 Å². The number of aryl methyl sites for hydroxylation is 1. The molecule has 47 heavy (non-hydrogen) atoms. The SMILES string of the molecule is CC(=N)N1C(=N)C(CC=O)N=C(c2ccc(Cl)cc2)c2c1sc(C)c2C.COc1ccc(C(=O)/C=C/C(=O)N2CCN(C)CC2)cc1. The van der Waals surface area contributed by atoms with E-state index in [4.69, 9.17) is 32.1 Å². The number of nitrogens with zero attached hydrogens (tertiary/aromatic N) is 4. The second kappa shape index (κ2) is 15.9. The molecular weight excluding hydrogens is 636 g/mol. The first-order valence-electron chi connectivity index (χ1n) is 15.1. The fraction of sp³-hybridized carbons (Fsp3) is 0.314. The third-order valence-electron chi connectivity index (χ3n) is 7.99. The highest BCUT2D eigenvalue weighted by molar-refractivity contribution is 7.17. The molecular formula is C35H39ClN6O4S. The summed E-state index contributed by atoms with van der Waals surface area (Å²) in [5.41, 5.74) is 4.14. The number of anilines is 1. The Morgan fingerprint density at radius 2 is 1.68 bits per heavy atom. The van der Waals surface area contributed by atoms with E-state index in [1.807, 2.05) is 33.0 Å². The first-order chi connectivity index (χ1) is 22.4. The number of methoxy groups -OCH3 is 1. The standard InChI is InChI=1S/C19H19ClN4OS.C16H20N2O3/c1-10-11(2)26-19-16(10)17(13-4-6-14(20)7-5-13)23-15(8-9-25)18(22)24(19)12(3)21;1-17-9-11-18(12-10-17)16(20)8-7-15(19)13-3-5-14(21-2)6-4-13/h4-7,9,15,21-22H,8H2,1-3H3;3-8H,9-12H2,1-2H3/b;8-7+. The van der Waals surface area contributed by atoms with Crippen molar-refractivity contribution in [2.24, 2.45) is 4.99 Å². The summed E-state index contributed by atoms with van der Waals surface area (Å²) in [5, 5.41) is 18.2. The van der Waals surface area contributed by atoms with Gasteiger partial charge in [0, 0.05) is 65.3 Å². The van der Waals surface area contributed by atoms with Gasteiger partial charge in [-0.2, -0.15) is 0 Å². The lowest BCUT2D eigenvalue weighted by Crippen LogP contribution is -2.46. The van der Waals surface area contributed by atoms with Crippen molar-refractivity contribution in [3.63, 3.8) is 0 Å². The van der Waals surface area contributed by atoms with Gasteiger partial charge in [-0.25, -0.2) is 0 Å². The second-order valence-electron chi connectivity index (χ2n) is 11.2. The zero-order valence-corrected chi connectivity index (χ0v) is 28.7. The van der Waals surface area contributed by atoms with Gasteiger partial charge >= 0.3 is 0 Å². The highest BCUT2D eigenvalue weighted by Gasteiger charge is 2.33. The van der Waals surface area contributed by atoms with Crippen LogP contribution >= 0.6 is 22.9 Å². The van der Waals surface area contributed by atoms with Crippen LogP contribution in [0.3, 0.4) is 0 Å². The fourth-order valence-electron chi connectivity index (χ4n) is 5.13.